The zero-order chi connectivity index (χ0) is 20.1. The van der Waals surface area contributed by atoms with E-state index in [1.54, 1.807) is 7.11 Å². The molecule has 0 bridgehead atoms. The van der Waals surface area contributed by atoms with Crippen LogP contribution < -0.4 is 9.47 Å². The molecule has 0 aromatic carbocycles. The van der Waals surface area contributed by atoms with E-state index in [9.17, 15) is 0 Å². The first kappa shape index (κ1) is 24.1. The van der Waals surface area contributed by atoms with Gasteiger partial charge in [-0.25, -0.2) is 4.98 Å². The van der Waals surface area contributed by atoms with Gasteiger partial charge in [0, 0.05) is 13.2 Å². The van der Waals surface area contributed by atoms with Crippen LogP contribution in [0.2, 0.25) is 18.1 Å². The molecule has 0 amide bonds. The maximum absolute atomic E-state index is 6.39. The summed E-state index contributed by atoms with van der Waals surface area (Å²) in [5.74, 6) is 1.48. The smallest absolute Gasteiger partial charge is 0.197 e. The van der Waals surface area contributed by atoms with Crippen molar-refractivity contribution in [2.45, 2.75) is 58.9 Å². The van der Waals surface area contributed by atoms with Gasteiger partial charge in [-0.2, -0.15) is 0 Å². The number of methoxy groups -OCH3 is 1. The second kappa shape index (κ2) is 10.0. The molecule has 0 aliphatic carbocycles. The molecule has 1 heterocycles. The molecule has 0 aliphatic rings. The van der Waals surface area contributed by atoms with Gasteiger partial charge in [-0.1, -0.05) is 34.6 Å². The second-order valence-corrected chi connectivity index (χ2v) is 14.8. The van der Waals surface area contributed by atoms with Crippen LogP contribution >= 0.6 is 38.5 Å². The Bertz CT molecular complexity index is 593. The fourth-order valence-electron chi connectivity index (χ4n) is 1.82. The van der Waals surface area contributed by atoms with E-state index in [1.807, 2.05) is 6.07 Å². The van der Waals surface area contributed by atoms with Crippen molar-refractivity contribution in [3.63, 3.8) is 0 Å². The molecule has 8 heteroatoms. The van der Waals surface area contributed by atoms with Crippen molar-refractivity contribution in [3.8, 4) is 11.5 Å². The molecule has 1 atom stereocenters. The fourth-order valence-corrected chi connectivity index (χ4v) is 4.19. The average molecular weight is 560 g/mol. The molecule has 0 aliphatic heterocycles. The first-order chi connectivity index (χ1) is 11.9. The van der Waals surface area contributed by atoms with Gasteiger partial charge in [0.25, 0.3) is 0 Å². The summed E-state index contributed by atoms with van der Waals surface area (Å²) in [5.41, 5.74) is 0. The number of ether oxygens (including phenoxy) is 3. The van der Waals surface area contributed by atoms with Crippen LogP contribution in [0.15, 0.2) is 10.7 Å². The lowest BCUT2D eigenvalue weighted by molar-refractivity contribution is 0.0405. The van der Waals surface area contributed by atoms with E-state index >= 15 is 0 Å². The van der Waals surface area contributed by atoms with Gasteiger partial charge in [0.05, 0.1) is 6.61 Å². The molecule has 0 N–H and O–H groups in total. The third-order valence-electron chi connectivity index (χ3n) is 4.62. The summed E-state index contributed by atoms with van der Waals surface area (Å²) in [6.45, 7) is 16.2. The molecule has 1 unspecified atom stereocenters. The fraction of sp³-hybridized carbons (Fsp3) is 0.722. The van der Waals surface area contributed by atoms with E-state index < -0.39 is 8.32 Å². The lowest BCUT2D eigenvalue weighted by Crippen LogP contribution is -2.44. The zero-order valence-corrected chi connectivity index (χ0v) is 21.7. The number of halogens is 2. The Morgan fingerprint density at radius 3 is 2.38 bits per heavy atom. The van der Waals surface area contributed by atoms with Crippen molar-refractivity contribution in [3.05, 3.63) is 14.4 Å². The third kappa shape index (κ3) is 6.92. The molecule has 5 nitrogen and oxygen atoms in total. The highest BCUT2D eigenvalue weighted by Crippen LogP contribution is 2.38. The monoisotopic (exact) mass is 559 g/mol. The highest BCUT2D eigenvalue weighted by molar-refractivity contribution is 14.1. The lowest BCUT2D eigenvalue weighted by Gasteiger charge is -2.37. The topological polar surface area (TPSA) is 49.8 Å². The Morgan fingerprint density at radius 1 is 1.27 bits per heavy atom. The molecule has 0 radical (unpaired) electrons. The average Bonchev–Trinajstić information content (AvgIpc) is 2.48. The van der Waals surface area contributed by atoms with Gasteiger partial charge in [0.2, 0.25) is 0 Å². The Kier molecular flexibility index (Phi) is 9.32. The van der Waals surface area contributed by atoms with E-state index in [0.29, 0.717) is 28.6 Å². The van der Waals surface area contributed by atoms with Gasteiger partial charge in [-0.3, -0.25) is 0 Å². The Hall–Kier alpha value is 0.0969. The number of hydrogen-bond donors (Lipinski definition) is 0. The summed E-state index contributed by atoms with van der Waals surface area (Å²) in [6.07, 6.45) is -0.0841. The summed E-state index contributed by atoms with van der Waals surface area (Å²) in [6, 6.07) is 1.87. The zero-order valence-electron chi connectivity index (χ0n) is 17.0. The highest BCUT2D eigenvalue weighted by Gasteiger charge is 2.38. The molecule has 1 aromatic heterocycles. The van der Waals surface area contributed by atoms with Crippen LogP contribution in [0.5, 0.6) is 11.5 Å². The van der Waals surface area contributed by atoms with Gasteiger partial charge in [0.1, 0.15) is 9.80 Å². The molecular formula is C18H31BrINO4Si. The second-order valence-electron chi connectivity index (χ2n) is 8.09. The Labute approximate surface area is 180 Å². The van der Waals surface area contributed by atoms with E-state index in [4.69, 9.17) is 18.6 Å². The predicted octanol–water partition coefficient (Wildman–Crippen LogP) is 5.86. The van der Waals surface area contributed by atoms with Crippen molar-refractivity contribution in [1.29, 1.82) is 0 Å². The summed E-state index contributed by atoms with van der Waals surface area (Å²) in [7, 11) is -0.260. The predicted molar refractivity (Wildman–Crippen MR) is 120 cm³/mol. The molecule has 26 heavy (non-hydrogen) atoms. The van der Waals surface area contributed by atoms with Crippen molar-refractivity contribution < 1.29 is 18.6 Å². The maximum Gasteiger partial charge on any atom is 0.197 e. The first-order valence-corrected chi connectivity index (χ1v) is 13.5. The molecule has 0 spiro atoms. The van der Waals surface area contributed by atoms with Gasteiger partial charge < -0.3 is 18.6 Å². The standard InChI is InChI=1S/C18H31BrINO4Si/c1-12(2)14(10-24-26(7,8)18(3,4)5)25-13-9-15(20)21-17(19)16(13)23-11-22-6/h9,12,14H,10-11H2,1-8H3. The Balaban J connectivity index is 3.00. The van der Waals surface area contributed by atoms with Crippen molar-refractivity contribution in [2.75, 3.05) is 20.5 Å². The Morgan fingerprint density at radius 2 is 1.88 bits per heavy atom. The summed E-state index contributed by atoms with van der Waals surface area (Å²) in [5, 5.41) is 0.163. The summed E-state index contributed by atoms with van der Waals surface area (Å²) < 4.78 is 24.8. The first-order valence-electron chi connectivity index (χ1n) is 8.67. The van der Waals surface area contributed by atoms with Crippen molar-refractivity contribution >= 4 is 46.8 Å². The number of aromatic nitrogens is 1. The SMILES string of the molecule is COCOc1c(OC(CO[Si](C)(C)C(C)(C)C)C(C)C)cc(I)nc1Br. The molecular weight excluding hydrogens is 529 g/mol. The number of nitrogens with zero attached hydrogens (tertiary/aromatic N) is 1. The van der Waals surface area contributed by atoms with Crippen molar-refractivity contribution in [2.24, 2.45) is 5.92 Å². The number of hydrogen-bond acceptors (Lipinski definition) is 5. The van der Waals surface area contributed by atoms with E-state index in [1.165, 1.54) is 0 Å². The van der Waals surface area contributed by atoms with Crippen LogP contribution in [0.1, 0.15) is 34.6 Å². The molecule has 150 valence electrons. The molecule has 1 aromatic rings. The minimum absolute atomic E-state index is 0.0841. The maximum atomic E-state index is 6.39. The van der Waals surface area contributed by atoms with Crippen LogP contribution in [0.4, 0.5) is 0 Å². The highest BCUT2D eigenvalue weighted by atomic mass is 127. The number of pyridine rings is 1. The third-order valence-corrected chi connectivity index (χ3v) is 10.2. The molecule has 1 rings (SSSR count). The van der Waals surface area contributed by atoms with Crippen LogP contribution in [0.25, 0.3) is 0 Å². The van der Waals surface area contributed by atoms with E-state index in [-0.39, 0.29) is 17.9 Å². The van der Waals surface area contributed by atoms with Crippen molar-refractivity contribution in [1.82, 2.24) is 4.98 Å². The van der Waals surface area contributed by atoms with Crippen LogP contribution in [0, 0.1) is 9.62 Å². The molecule has 0 fully saturated rings. The van der Waals surface area contributed by atoms with Gasteiger partial charge in [-0.05, 0) is 62.6 Å². The number of rotatable bonds is 9. The lowest BCUT2D eigenvalue weighted by atomic mass is 10.1. The normalized spacial score (nSPS) is 13.8. The van der Waals surface area contributed by atoms with E-state index in [2.05, 4.69) is 91.2 Å². The van der Waals surface area contributed by atoms with Gasteiger partial charge in [-0.15, -0.1) is 0 Å². The minimum Gasteiger partial charge on any atom is -0.484 e. The quantitative estimate of drug-likeness (QED) is 0.164. The molecule has 0 saturated carbocycles. The van der Waals surface area contributed by atoms with E-state index in [0.717, 1.165) is 3.70 Å². The summed E-state index contributed by atoms with van der Waals surface area (Å²) >= 11 is 5.61. The van der Waals surface area contributed by atoms with Crippen LogP contribution in [-0.2, 0) is 9.16 Å². The van der Waals surface area contributed by atoms with Crippen LogP contribution in [0.3, 0.4) is 0 Å². The van der Waals surface area contributed by atoms with Crippen LogP contribution in [-0.4, -0.2) is 39.9 Å². The molecule has 0 saturated heterocycles. The largest absolute Gasteiger partial charge is 0.484 e. The van der Waals surface area contributed by atoms with Gasteiger partial charge in [0.15, 0.2) is 31.2 Å². The minimum atomic E-state index is -1.84. The summed E-state index contributed by atoms with van der Waals surface area (Å²) in [4.78, 5) is 4.38. The van der Waals surface area contributed by atoms with Gasteiger partial charge >= 0.3 is 0 Å².